The highest BCUT2D eigenvalue weighted by Gasteiger charge is 2.25. The van der Waals surface area contributed by atoms with Crippen LogP contribution in [0.5, 0.6) is 0 Å². The first-order chi connectivity index (χ1) is 13.0. The molecule has 144 valence electrons. The van der Waals surface area contributed by atoms with E-state index in [1.807, 2.05) is 18.2 Å². The van der Waals surface area contributed by atoms with E-state index in [0.717, 1.165) is 24.1 Å². The van der Waals surface area contributed by atoms with Gasteiger partial charge < -0.3 is 9.64 Å². The molecule has 0 aromatic heterocycles. The summed E-state index contributed by atoms with van der Waals surface area (Å²) in [4.78, 5) is 14.8. The number of nitrogens with zero attached hydrogens (tertiary/aromatic N) is 1. The fourth-order valence-electron chi connectivity index (χ4n) is 3.19. The average Bonchev–Trinajstić information content (AvgIpc) is 2.70. The van der Waals surface area contributed by atoms with E-state index < -0.39 is 10.0 Å². The van der Waals surface area contributed by atoms with Gasteiger partial charge in [0.2, 0.25) is 10.0 Å². The second kappa shape index (κ2) is 8.65. The first-order valence-corrected chi connectivity index (χ1v) is 10.5. The molecule has 0 bridgehead atoms. The molecular formula is C20H24N2O4S. The van der Waals surface area contributed by atoms with Crippen molar-refractivity contribution in [3.8, 4) is 0 Å². The molecule has 0 radical (unpaired) electrons. The molecule has 0 fully saturated rings. The number of carbonyl (C=O) groups is 1. The molecule has 1 aliphatic rings. The molecule has 0 saturated heterocycles. The number of methoxy groups -OCH3 is 1. The molecule has 2 aromatic carbocycles. The van der Waals surface area contributed by atoms with Gasteiger partial charge in [0.1, 0.15) is 0 Å². The largest absolute Gasteiger partial charge is 0.385 e. The first-order valence-electron chi connectivity index (χ1n) is 9.01. The van der Waals surface area contributed by atoms with Crippen molar-refractivity contribution in [2.24, 2.45) is 0 Å². The molecule has 1 aliphatic heterocycles. The lowest BCUT2D eigenvalue weighted by molar-refractivity contribution is 0.0985. The van der Waals surface area contributed by atoms with E-state index in [0.29, 0.717) is 31.7 Å². The summed E-state index contributed by atoms with van der Waals surface area (Å²) in [6.45, 7) is 1.46. The maximum atomic E-state index is 12.8. The van der Waals surface area contributed by atoms with E-state index in [1.54, 1.807) is 42.3 Å². The van der Waals surface area contributed by atoms with Gasteiger partial charge in [-0.2, -0.15) is 0 Å². The molecule has 0 atom stereocenters. The van der Waals surface area contributed by atoms with Crippen LogP contribution in [0, 0.1) is 0 Å². The van der Waals surface area contributed by atoms with Crippen LogP contribution in [0.3, 0.4) is 0 Å². The maximum absolute atomic E-state index is 12.8. The predicted molar refractivity (Wildman–Crippen MR) is 105 cm³/mol. The topological polar surface area (TPSA) is 75.7 Å². The molecular weight excluding hydrogens is 364 g/mol. The van der Waals surface area contributed by atoms with Crippen LogP contribution >= 0.6 is 0 Å². The molecule has 27 heavy (non-hydrogen) atoms. The highest BCUT2D eigenvalue weighted by Crippen LogP contribution is 2.30. The van der Waals surface area contributed by atoms with Crippen molar-refractivity contribution >= 4 is 21.6 Å². The second-order valence-corrected chi connectivity index (χ2v) is 8.23. The first kappa shape index (κ1) is 19.5. The van der Waals surface area contributed by atoms with Crippen LogP contribution in [0.1, 0.15) is 28.8 Å². The summed E-state index contributed by atoms with van der Waals surface area (Å²) in [5, 5.41) is 0. The van der Waals surface area contributed by atoms with Crippen LogP contribution in [0.4, 0.5) is 5.69 Å². The summed E-state index contributed by atoms with van der Waals surface area (Å²) >= 11 is 0. The summed E-state index contributed by atoms with van der Waals surface area (Å²) < 4.78 is 32.5. The van der Waals surface area contributed by atoms with Crippen molar-refractivity contribution in [2.45, 2.75) is 24.2 Å². The van der Waals surface area contributed by atoms with Crippen LogP contribution in [-0.4, -0.2) is 41.1 Å². The van der Waals surface area contributed by atoms with Crippen molar-refractivity contribution in [3.63, 3.8) is 0 Å². The Morgan fingerprint density at radius 2 is 1.96 bits per heavy atom. The van der Waals surface area contributed by atoms with Gasteiger partial charge in [-0.25, -0.2) is 13.1 Å². The Morgan fingerprint density at radius 3 is 2.70 bits per heavy atom. The predicted octanol–water partition coefficient (Wildman–Crippen LogP) is 2.59. The summed E-state index contributed by atoms with van der Waals surface area (Å²) in [5.74, 6) is -0.0650. The third kappa shape index (κ3) is 4.55. The Balaban J connectivity index is 1.81. The minimum absolute atomic E-state index is 0.0650. The minimum atomic E-state index is -3.57. The monoisotopic (exact) mass is 388 g/mol. The Labute approximate surface area is 160 Å². The molecule has 6 nitrogen and oxygen atoms in total. The lowest BCUT2D eigenvalue weighted by Gasteiger charge is -2.30. The standard InChI is InChI=1S/C20H24N2O4S/c1-26-14-6-12-21-27(24,25)18-10-11-19-17(15-18)9-5-13-22(19)20(23)16-7-3-2-4-8-16/h2-4,7-8,10-11,15,21H,5-6,9,12-14H2,1H3. The summed E-state index contributed by atoms with van der Waals surface area (Å²) in [6.07, 6.45) is 2.16. The third-order valence-electron chi connectivity index (χ3n) is 4.56. The van der Waals surface area contributed by atoms with E-state index in [2.05, 4.69) is 4.72 Å². The number of nitrogens with one attached hydrogen (secondary N) is 1. The van der Waals surface area contributed by atoms with Crippen LogP contribution in [-0.2, 0) is 21.2 Å². The molecule has 2 aromatic rings. The Kier molecular flexibility index (Phi) is 6.26. The molecule has 1 N–H and O–H groups in total. The number of fused-ring (bicyclic) bond motifs is 1. The number of sulfonamides is 1. The zero-order valence-electron chi connectivity index (χ0n) is 15.3. The van der Waals surface area contributed by atoms with E-state index in [1.165, 1.54) is 0 Å². The van der Waals surface area contributed by atoms with Crippen molar-refractivity contribution in [2.75, 3.05) is 31.7 Å². The highest BCUT2D eigenvalue weighted by molar-refractivity contribution is 7.89. The van der Waals surface area contributed by atoms with Crippen LogP contribution < -0.4 is 9.62 Å². The van der Waals surface area contributed by atoms with Crippen molar-refractivity contribution in [3.05, 3.63) is 59.7 Å². The number of anilines is 1. The SMILES string of the molecule is COCCCNS(=O)(=O)c1ccc2c(c1)CCCN2C(=O)c1ccccc1. The lowest BCUT2D eigenvalue weighted by atomic mass is 10.0. The third-order valence-corrected chi connectivity index (χ3v) is 6.02. The zero-order chi connectivity index (χ0) is 19.3. The molecule has 7 heteroatoms. The van der Waals surface area contributed by atoms with Gasteiger partial charge in [0.05, 0.1) is 4.90 Å². The summed E-state index contributed by atoms with van der Waals surface area (Å²) in [7, 11) is -1.99. The number of benzene rings is 2. The van der Waals surface area contributed by atoms with Crippen LogP contribution in [0.25, 0.3) is 0 Å². The Hall–Kier alpha value is -2.22. The molecule has 0 unspecified atom stereocenters. The molecule has 0 spiro atoms. The van der Waals surface area contributed by atoms with Crippen molar-refractivity contribution in [1.82, 2.24) is 4.72 Å². The number of carbonyl (C=O) groups excluding carboxylic acids is 1. The number of rotatable bonds is 7. The van der Waals surface area contributed by atoms with Crippen molar-refractivity contribution < 1.29 is 17.9 Å². The number of hydrogen-bond acceptors (Lipinski definition) is 4. The fraction of sp³-hybridized carbons (Fsp3) is 0.350. The van der Waals surface area contributed by atoms with Crippen molar-refractivity contribution in [1.29, 1.82) is 0 Å². The molecule has 1 amide bonds. The maximum Gasteiger partial charge on any atom is 0.258 e. The lowest BCUT2D eigenvalue weighted by Crippen LogP contribution is -2.35. The molecule has 3 rings (SSSR count). The van der Waals surface area contributed by atoms with Gasteiger partial charge in [0, 0.05) is 38.1 Å². The van der Waals surface area contributed by atoms with Crippen LogP contribution in [0.15, 0.2) is 53.4 Å². The van der Waals surface area contributed by atoms with E-state index in [-0.39, 0.29) is 10.8 Å². The molecule has 1 heterocycles. The highest BCUT2D eigenvalue weighted by atomic mass is 32.2. The molecule has 0 saturated carbocycles. The minimum Gasteiger partial charge on any atom is -0.385 e. The molecule has 0 aliphatic carbocycles. The van der Waals surface area contributed by atoms with E-state index >= 15 is 0 Å². The Bertz CT molecular complexity index is 897. The number of hydrogen-bond donors (Lipinski definition) is 1. The van der Waals surface area contributed by atoms with Crippen LogP contribution in [0.2, 0.25) is 0 Å². The average molecular weight is 388 g/mol. The Morgan fingerprint density at radius 1 is 1.19 bits per heavy atom. The van der Waals surface area contributed by atoms with Gasteiger partial charge in [0.25, 0.3) is 5.91 Å². The van der Waals surface area contributed by atoms with Gasteiger partial charge >= 0.3 is 0 Å². The second-order valence-electron chi connectivity index (χ2n) is 6.46. The van der Waals surface area contributed by atoms with Gasteiger partial charge in [0.15, 0.2) is 0 Å². The fourth-order valence-corrected chi connectivity index (χ4v) is 4.32. The summed E-state index contributed by atoms with van der Waals surface area (Å²) in [5.41, 5.74) is 2.29. The number of ether oxygens (including phenoxy) is 1. The smallest absolute Gasteiger partial charge is 0.258 e. The quantitative estimate of drug-likeness (QED) is 0.740. The van der Waals surface area contributed by atoms with E-state index in [4.69, 9.17) is 4.74 Å². The van der Waals surface area contributed by atoms with Gasteiger partial charge in [-0.05, 0) is 55.2 Å². The normalized spacial score (nSPS) is 14.0. The van der Waals surface area contributed by atoms with Gasteiger partial charge in [-0.3, -0.25) is 4.79 Å². The number of aryl methyl sites for hydroxylation is 1. The van der Waals surface area contributed by atoms with Gasteiger partial charge in [-0.15, -0.1) is 0 Å². The summed E-state index contributed by atoms with van der Waals surface area (Å²) in [6, 6.07) is 14.1. The number of amides is 1. The zero-order valence-corrected chi connectivity index (χ0v) is 16.2. The van der Waals surface area contributed by atoms with E-state index in [9.17, 15) is 13.2 Å². The van der Waals surface area contributed by atoms with Gasteiger partial charge in [-0.1, -0.05) is 18.2 Å².